The van der Waals surface area contributed by atoms with Gasteiger partial charge in [-0.05, 0) is 37.5 Å². The largest absolute Gasteiger partial charge is 0.470 e. The zero-order chi connectivity index (χ0) is 19.2. The van der Waals surface area contributed by atoms with Gasteiger partial charge >= 0.3 is 0 Å². The fraction of sp³-hybridized carbons (Fsp3) is 0.450. The lowest BCUT2D eigenvalue weighted by Crippen LogP contribution is -2.40. The molecule has 1 amide bonds. The normalized spacial score (nSPS) is 16.6. The number of rotatable bonds is 7. The Labute approximate surface area is 159 Å². The third-order valence-electron chi connectivity index (χ3n) is 4.57. The Morgan fingerprint density at radius 3 is 2.96 bits per heavy atom. The quantitative estimate of drug-likeness (QED) is 0.693. The zero-order valence-electron chi connectivity index (χ0n) is 16.1. The van der Waals surface area contributed by atoms with Crippen molar-refractivity contribution in [2.45, 2.75) is 32.8 Å². The number of pyridine rings is 2. The van der Waals surface area contributed by atoms with Gasteiger partial charge in [0.05, 0.1) is 17.8 Å². The van der Waals surface area contributed by atoms with Gasteiger partial charge in [0, 0.05) is 37.7 Å². The molecule has 3 N–H and O–H groups in total. The molecule has 0 spiro atoms. The van der Waals surface area contributed by atoms with Gasteiger partial charge in [-0.1, -0.05) is 13.0 Å². The van der Waals surface area contributed by atoms with Crippen LogP contribution in [0.4, 0.5) is 5.69 Å². The number of amides is 1. The molecule has 27 heavy (non-hydrogen) atoms. The summed E-state index contributed by atoms with van der Waals surface area (Å²) in [6, 6.07) is 5.95. The third kappa shape index (κ3) is 4.95. The molecule has 0 saturated carbocycles. The second kappa shape index (κ2) is 8.81. The van der Waals surface area contributed by atoms with Crippen molar-refractivity contribution in [3.05, 3.63) is 47.4 Å². The molecule has 3 rings (SSSR count). The van der Waals surface area contributed by atoms with Crippen LogP contribution < -0.4 is 20.7 Å². The molecule has 144 valence electrons. The Morgan fingerprint density at radius 2 is 2.22 bits per heavy atom. The maximum absolute atomic E-state index is 11.9. The van der Waals surface area contributed by atoms with Gasteiger partial charge in [-0.25, -0.2) is 4.98 Å². The Balaban J connectivity index is 1.49. The Morgan fingerprint density at radius 1 is 1.37 bits per heavy atom. The summed E-state index contributed by atoms with van der Waals surface area (Å²) in [5.41, 5.74) is 3.54. The number of aryl methyl sites for hydroxylation is 1. The van der Waals surface area contributed by atoms with Crippen molar-refractivity contribution in [3.63, 3.8) is 0 Å². The molecule has 0 radical (unpaired) electrons. The lowest BCUT2D eigenvalue weighted by molar-refractivity contribution is 0.0955. The second-order valence-electron chi connectivity index (χ2n) is 6.85. The first-order chi connectivity index (χ1) is 13.1. The van der Waals surface area contributed by atoms with Crippen LogP contribution in [0.2, 0.25) is 0 Å². The summed E-state index contributed by atoms with van der Waals surface area (Å²) < 4.78 is 5.95. The molecule has 7 heteroatoms. The summed E-state index contributed by atoms with van der Waals surface area (Å²) in [5, 5.41) is 9.54. The van der Waals surface area contributed by atoms with Gasteiger partial charge in [0.15, 0.2) is 0 Å². The highest BCUT2D eigenvalue weighted by molar-refractivity contribution is 5.95. The van der Waals surface area contributed by atoms with Crippen molar-refractivity contribution in [1.29, 1.82) is 0 Å². The molecule has 1 aliphatic heterocycles. The predicted octanol–water partition coefficient (Wildman–Crippen LogP) is 2.10. The van der Waals surface area contributed by atoms with E-state index in [1.807, 2.05) is 26.1 Å². The molecule has 2 atom stereocenters. The molecule has 0 saturated heterocycles. The van der Waals surface area contributed by atoms with Crippen LogP contribution >= 0.6 is 0 Å². The number of carbonyl (C=O) groups excluding carboxylic acids is 1. The molecular weight excluding hydrogens is 342 g/mol. The van der Waals surface area contributed by atoms with Crippen LogP contribution in [-0.2, 0) is 0 Å². The molecule has 2 aromatic heterocycles. The lowest BCUT2D eigenvalue weighted by atomic mass is 10.0. The average Bonchev–Trinajstić information content (AvgIpc) is 2.68. The number of hydrogen-bond acceptors (Lipinski definition) is 6. The smallest absolute Gasteiger partial charge is 0.252 e. The van der Waals surface area contributed by atoms with Crippen LogP contribution in [0, 0.1) is 6.92 Å². The van der Waals surface area contributed by atoms with E-state index in [1.54, 1.807) is 12.3 Å². The van der Waals surface area contributed by atoms with Crippen LogP contribution in [-0.4, -0.2) is 48.2 Å². The summed E-state index contributed by atoms with van der Waals surface area (Å²) in [6.07, 6.45) is 3.48. The van der Waals surface area contributed by atoms with Crippen molar-refractivity contribution in [1.82, 2.24) is 20.6 Å². The number of ether oxygens (including phenoxy) is 1. The summed E-state index contributed by atoms with van der Waals surface area (Å²) in [6.45, 7) is 8.88. The molecule has 0 aromatic carbocycles. The van der Waals surface area contributed by atoms with Crippen molar-refractivity contribution < 1.29 is 9.53 Å². The number of nitrogens with zero attached hydrogens (tertiary/aromatic N) is 2. The highest BCUT2D eigenvalue weighted by atomic mass is 16.5. The molecule has 0 aliphatic carbocycles. The van der Waals surface area contributed by atoms with Crippen LogP contribution in [0.1, 0.15) is 41.4 Å². The first-order valence-electron chi connectivity index (χ1n) is 9.39. The summed E-state index contributed by atoms with van der Waals surface area (Å²) in [7, 11) is 0. The van der Waals surface area contributed by atoms with E-state index in [4.69, 9.17) is 4.74 Å². The molecular formula is C20H27N5O2. The van der Waals surface area contributed by atoms with Crippen LogP contribution in [0.5, 0.6) is 5.88 Å². The highest BCUT2D eigenvalue weighted by Gasteiger charge is 2.21. The maximum atomic E-state index is 11.9. The van der Waals surface area contributed by atoms with Gasteiger partial charge in [0.2, 0.25) is 5.88 Å². The number of hydrogen-bond donors (Lipinski definition) is 3. The van der Waals surface area contributed by atoms with E-state index in [0.29, 0.717) is 30.5 Å². The molecule has 2 aromatic rings. The minimum absolute atomic E-state index is 0.0105. The van der Waals surface area contributed by atoms with E-state index < -0.39 is 0 Å². The number of carbonyl (C=O) groups is 1. The van der Waals surface area contributed by atoms with Crippen LogP contribution in [0.3, 0.4) is 0 Å². The summed E-state index contributed by atoms with van der Waals surface area (Å²) >= 11 is 0. The number of fused-ring (bicyclic) bond motifs is 1. The molecule has 3 heterocycles. The molecule has 0 fully saturated rings. The van der Waals surface area contributed by atoms with E-state index in [1.165, 1.54) is 5.56 Å². The standard InChI is InChI=1S/C20H27N5O2/c1-4-22-19(26)16-7-18-20(25-10-16)27-17(12-24-18)11-21-8-13(2)15-6-5-14(3)23-9-15/h5-7,9-10,13,17,21,24H,4,8,11-12H2,1-3H3,(H,22,26). The van der Waals surface area contributed by atoms with Crippen molar-refractivity contribution in [2.24, 2.45) is 0 Å². The minimum atomic E-state index is -0.127. The Hall–Kier alpha value is -2.67. The van der Waals surface area contributed by atoms with E-state index in [2.05, 4.69) is 38.9 Å². The van der Waals surface area contributed by atoms with Gasteiger partial charge < -0.3 is 20.7 Å². The van der Waals surface area contributed by atoms with Crippen LogP contribution in [0.25, 0.3) is 0 Å². The first kappa shape index (κ1) is 19.1. The number of anilines is 1. The monoisotopic (exact) mass is 369 g/mol. The predicted molar refractivity (Wildman–Crippen MR) is 105 cm³/mol. The van der Waals surface area contributed by atoms with E-state index in [-0.39, 0.29) is 12.0 Å². The highest BCUT2D eigenvalue weighted by Crippen LogP contribution is 2.27. The fourth-order valence-corrected chi connectivity index (χ4v) is 2.95. The van der Waals surface area contributed by atoms with Crippen molar-refractivity contribution in [3.8, 4) is 5.88 Å². The molecule has 0 bridgehead atoms. The van der Waals surface area contributed by atoms with E-state index in [9.17, 15) is 4.79 Å². The maximum Gasteiger partial charge on any atom is 0.252 e. The van der Waals surface area contributed by atoms with Gasteiger partial charge in [-0.2, -0.15) is 0 Å². The van der Waals surface area contributed by atoms with E-state index >= 15 is 0 Å². The lowest BCUT2D eigenvalue weighted by Gasteiger charge is -2.27. The second-order valence-corrected chi connectivity index (χ2v) is 6.85. The summed E-state index contributed by atoms with van der Waals surface area (Å²) in [4.78, 5) is 20.5. The Bertz CT molecular complexity index is 778. The fourth-order valence-electron chi connectivity index (χ4n) is 2.95. The average molecular weight is 369 g/mol. The molecule has 7 nitrogen and oxygen atoms in total. The topological polar surface area (TPSA) is 88.2 Å². The van der Waals surface area contributed by atoms with Gasteiger partial charge in [0.1, 0.15) is 6.10 Å². The first-order valence-corrected chi connectivity index (χ1v) is 9.39. The number of nitrogens with one attached hydrogen (secondary N) is 3. The van der Waals surface area contributed by atoms with Gasteiger partial charge in [-0.15, -0.1) is 0 Å². The van der Waals surface area contributed by atoms with E-state index in [0.717, 1.165) is 24.5 Å². The Kier molecular flexibility index (Phi) is 6.24. The van der Waals surface area contributed by atoms with Gasteiger partial charge in [0.25, 0.3) is 5.91 Å². The third-order valence-corrected chi connectivity index (χ3v) is 4.57. The van der Waals surface area contributed by atoms with Crippen molar-refractivity contribution in [2.75, 3.05) is 31.5 Å². The SMILES string of the molecule is CCNC(=O)c1cnc2c(c1)NCC(CNCC(C)c1ccc(C)nc1)O2. The van der Waals surface area contributed by atoms with Crippen LogP contribution in [0.15, 0.2) is 30.6 Å². The summed E-state index contributed by atoms with van der Waals surface area (Å²) in [5.74, 6) is 0.787. The number of aromatic nitrogens is 2. The molecule has 1 aliphatic rings. The van der Waals surface area contributed by atoms with Crippen molar-refractivity contribution >= 4 is 11.6 Å². The minimum Gasteiger partial charge on any atom is -0.470 e. The van der Waals surface area contributed by atoms with Gasteiger partial charge in [-0.3, -0.25) is 9.78 Å². The molecule has 2 unspecified atom stereocenters. The zero-order valence-corrected chi connectivity index (χ0v) is 16.1.